The van der Waals surface area contributed by atoms with E-state index in [2.05, 4.69) is 27.7 Å². The lowest BCUT2D eigenvalue weighted by atomic mass is 10.1. The molecule has 0 N–H and O–H groups in total. The zero-order valence-electron chi connectivity index (χ0n) is 9.49. The normalized spacial score (nSPS) is 11.6. The molecule has 0 saturated carbocycles. The van der Waals surface area contributed by atoms with E-state index in [4.69, 9.17) is 0 Å². The molecule has 0 amide bonds. The van der Waals surface area contributed by atoms with E-state index in [9.17, 15) is 18.0 Å². The van der Waals surface area contributed by atoms with E-state index in [1.54, 1.807) is 24.3 Å². The van der Waals surface area contributed by atoms with Crippen LogP contribution in [0.5, 0.6) is 0 Å². The maximum Gasteiger partial charge on any atom is 0.435 e. The minimum atomic E-state index is -4.49. The Labute approximate surface area is 120 Å². The Morgan fingerprint density at radius 3 is 2.37 bits per heavy atom. The lowest BCUT2D eigenvalue weighted by molar-refractivity contribution is -0.141. The van der Waals surface area contributed by atoms with Crippen LogP contribution < -0.4 is 0 Å². The number of carbonyl (C=O) groups excluding carboxylic acids is 1. The lowest BCUT2D eigenvalue weighted by Crippen LogP contribution is -2.13. The molecule has 0 unspecified atom stereocenters. The van der Waals surface area contributed by atoms with E-state index < -0.39 is 11.9 Å². The highest BCUT2D eigenvalue weighted by Gasteiger charge is 2.33. The Hall–Kier alpha value is -1.38. The number of hydrogen-bond acceptors (Lipinski definition) is 2. The first-order valence-corrected chi connectivity index (χ1v) is 6.33. The Balaban J connectivity index is 2.11. The molecule has 1 aromatic carbocycles. The van der Waals surface area contributed by atoms with Crippen molar-refractivity contribution in [2.45, 2.75) is 12.7 Å². The summed E-state index contributed by atoms with van der Waals surface area (Å²) >= 11 is 2.10. The zero-order chi connectivity index (χ0) is 14.0. The molecule has 0 aliphatic heterocycles. The molecule has 19 heavy (non-hydrogen) atoms. The van der Waals surface area contributed by atoms with E-state index in [0.29, 0.717) is 5.56 Å². The number of carbonyl (C=O) groups is 1. The minimum absolute atomic E-state index is 0.212. The molecule has 0 radical (unpaired) electrons. The third kappa shape index (κ3) is 3.55. The largest absolute Gasteiger partial charge is 0.435 e. The maximum absolute atomic E-state index is 12.3. The van der Waals surface area contributed by atoms with Crippen molar-refractivity contribution < 1.29 is 18.0 Å². The van der Waals surface area contributed by atoms with Crippen molar-refractivity contribution in [3.63, 3.8) is 0 Å². The molecular weight excluding hydrogens is 372 g/mol. The van der Waals surface area contributed by atoms with E-state index in [1.807, 2.05) is 0 Å². The predicted octanol–water partition coefficient (Wildman–Crippen LogP) is 3.39. The molecule has 2 rings (SSSR count). The van der Waals surface area contributed by atoms with E-state index in [0.717, 1.165) is 20.5 Å². The first-order chi connectivity index (χ1) is 8.86. The number of nitrogens with zero attached hydrogens (tertiary/aromatic N) is 2. The average molecular weight is 380 g/mol. The molecule has 0 bridgehead atoms. The summed E-state index contributed by atoms with van der Waals surface area (Å²) in [5.41, 5.74) is -0.549. The van der Waals surface area contributed by atoms with Gasteiger partial charge in [-0.3, -0.25) is 9.48 Å². The molecule has 0 spiro atoms. The van der Waals surface area contributed by atoms with Crippen LogP contribution in [0.4, 0.5) is 13.2 Å². The Morgan fingerprint density at radius 1 is 1.21 bits per heavy atom. The molecule has 0 fully saturated rings. The number of rotatable bonds is 3. The number of aromatic nitrogens is 2. The number of benzene rings is 1. The van der Waals surface area contributed by atoms with Crippen molar-refractivity contribution in [1.29, 1.82) is 0 Å². The summed E-state index contributed by atoms with van der Waals surface area (Å²) in [4.78, 5) is 11.8. The van der Waals surface area contributed by atoms with Crippen LogP contribution in [-0.2, 0) is 12.7 Å². The van der Waals surface area contributed by atoms with Crippen LogP contribution in [-0.4, -0.2) is 15.6 Å². The fourth-order valence-electron chi connectivity index (χ4n) is 1.48. The van der Waals surface area contributed by atoms with Gasteiger partial charge >= 0.3 is 6.18 Å². The third-order valence-corrected chi connectivity index (χ3v) is 3.12. The first-order valence-electron chi connectivity index (χ1n) is 5.26. The van der Waals surface area contributed by atoms with Crippen molar-refractivity contribution in [2.24, 2.45) is 0 Å². The van der Waals surface area contributed by atoms with E-state index in [-0.39, 0.29) is 12.3 Å². The van der Waals surface area contributed by atoms with Crippen molar-refractivity contribution >= 4 is 28.4 Å². The van der Waals surface area contributed by atoms with Gasteiger partial charge in [0, 0.05) is 15.3 Å². The van der Waals surface area contributed by atoms with Crippen molar-refractivity contribution in [1.82, 2.24) is 9.78 Å². The Morgan fingerprint density at radius 2 is 1.84 bits per heavy atom. The highest BCUT2D eigenvalue weighted by molar-refractivity contribution is 14.1. The van der Waals surface area contributed by atoms with Gasteiger partial charge in [0.05, 0.1) is 0 Å². The van der Waals surface area contributed by atoms with Gasteiger partial charge in [-0.2, -0.15) is 18.3 Å². The first kappa shape index (κ1) is 14.0. The van der Waals surface area contributed by atoms with Crippen LogP contribution in [0, 0.1) is 3.57 Å². The van der Waals surface area contributed by atoms with Gasteiger partial charge in [0.2, 0.25) is 0 Å². The summed E-state index contributed by atoms with van der Waals surface area (Å²) < 4.78 is 39.0. The highest BCUT2D eigenvalue weighted by atomic mass is 127. The van der Waals surface area contributed by atoms with Gasteiger partial charge in [-0.1, -0.05) is 12.1 Å². The van der Waals surface area contributed by atoms with Gasteiger partial charge in [0.15, 0.2) is 11.5 Å². The molecule has 3 nitrogen and oxygen atoms in total. The van der Waals surface area contributed by atoms with Gasteiger partial charge in [0.1, 0.15) is 6.54 Å². The smallest absolute Gasteiger partial charge is 0.292 e. The van der Waals surface area contributed by atoms with E-state index >= 15 is 0 Å². The average Bonchev–Trinajstić information content (AvgIpc) is 2.78. The zero-order valence-corrected chi connectivity index (χ0v) is 11.6. The second-order valence-electron chi connectivity index (χ2n) is 3.83. The summed E-state index contributed by atoms with van der Waals surface area (Å²) in [5, 5.41) is 3.33. The van der Waals surface area contributed by atoms with Gasteiger partial charge in [0.25, 0.3) is 0 Å². The predicted molar refractivity (Wildman–Crippen MR) is 70.7 cm³/mol. The lowest BCUT2D eigenvalue weighted by Gasteiger charge is -2.03. The SMILES string of the molecule is O=C(Cn1ccc(C(F)(F)F)n1)c1ccc(I)cc1. The topological polar surface area (TPSA) is 34.9 Å². The van der Waals surface area contributed by atoms with Crippen LogP contribution in [0.25, 0.3) is 0 Å². The second kappa shape index (κ2) is 5.32. The molecule has 100 valence electrons. The quantitative estimate of drug-likeness (QED) is 0.605. The number of hydrogen-bond donors (Lipinski definition) is 0. The monoisotopic (exact) mass is 380 g/mol. The summed E-state index contributed by atoms with van der Waals surface area (Å²) in [6.07, 6.45) is -3.34. The Bertz CT molecular complexity index is 590. The molecule has 1 heterocycles. The number of alkyl halides is 3. The summed E-state index contributed by atoms with van der Waals surface area (Å²) in [6, 6.07) is 7.65. The molecule has 7 heteroatoms. The summed E-state index contributed by atoms with van der Waals surface area (Å²) in [7, 11) is 0. The summed E-state index contributed by atoms with van der Waals surface area (Å²) in [6.45, 7) is -0.212. The number of Topliss-reactive ketones (excluding diaryl/α,β-unsaturated/α-hetero) is 1. The molecule has 1 aromatic heterocycles. The standard InChI is InChI=1S/C12H8F3IN2O/c13-12(14,15)11-5-6-18(17-11)7-10(19)8-1-3-9(16)4-2-8/h1-6H,7H2. The molecule has 0 saturated heterocycles. The molecule has 0 aliphatic carbocycles. The van der Waals surface area contributed by atoms with Gasteiger partial charge in [-0.05, 0) is 40.8 Å². The van der Waals surface area contributed by atoms with Gasteiger partial charge < -0.3 is 0 Å². The van der Waals surface area contributed by atoms with Crippen LogP contribution in [0.1, 0.15) is 16.1 Å². The molecule has 2 aromatic rings. The van der Waals surface area contributed by atoms with E-state index in [1.165, 1.54) is 0 Å². The number of ketones is 1. The van der Waals surface area contributed by atoms with Gasteiger partial charge in [-0.15, -0.1) is 0 Å². The molecule has 0 aliphatic rings. The fraction of sp³-hybridized carbons (Fsp3) is 0.167. The highest BCUT2D eigenvalue weighted by Crippen LogP contribution is 2.27. The van der Waals surface area contributed by atoms with Crippen LogP contribution in [0.15, 0.2) is 36.5 Å². The van der Waals surface area contributed by atoms with Crippen molar-refractivity contribution in [3.8, 4) is 0 Å². The van der Waals surface area contributed by atoms with Crippen molar-refractivity contribution in [3.05, 3.63) is 51.4 Å². The van der Waals surface area contributed by atoms with Crippen LogP contribution in [0.3, 0.4) is 0 Å². The third-order valence-electron chi connectivity index (χ3n) is 2.40. The maximum atomic E-state index is 12.3. The van der Waals surface area contributed by atoms with Crippen LogP contribution in [0.2, 0.25) is 0 Å². The second-order valence-corrected chi connectivity index (χ2v) is 5.07. The fourth-order valence-corrected chi connectivity index (χ4v) is 1.83. The van der Waals surface area contributed by atoms with Crippen molar-refractivity contribution in [2.75, 3.05) is 0 Å². The summed E-state index contributed by atoms with van der Waals surface area (Å²) in [5.74, 6) is -0.284. The molecule has 0 atom stereocenters. The number of halogens is 4. The Kier molecular flexibility index (Phi) is 3.93. The molecular formula is C12H8F3IN2O. The van der Waals surface area contributed by atoms with Gasteiger partial charge in [-0.25, -0.2) is 0 Å². The van der Waals surface area contributed by atoms with Crippen LogP contribution >= 0.6 is 22.6 Å². The minimum Gasteiger partial charge on any atom is -0.292 e.